The van der Waals surface area contributed by atoms with Crippen LogP contribution in [0.3, 0.4) is 0 Å². The van der Waals surface area contributed by atoms with E-state index in [9.17, 15) is 19.5 Å². The molecule has 0 heterocycles. The van der Waals surface area contributed by atoms with Gasteiger partial charge in [-0.1, -0.05) is 36.9 Å². The van der Waals surface area contributed by atoms with Crippen molar-refractivity contribution in [3.05, 3.63) is 55.1 Å². The van der Waals surface area contributed by atoms with Gasteiger partial charge >= 0.3 is 17.9 Å². The predicted octanol–water partition coefficient (Wildman–Crippen LogP) is 2.33. The third kappa shape index (κ3) is 5.47. The van der Waals surface area contributed by atoms with Gasteiger partial charge in [0.1, 0.15) is 5.75 Å². The Morgan fingerprint density at radius 1 is 1.15 bits per heavy atom. The number of carbonyl (C=O) groups is 3. The highest BCUT2D eigenvalue weighted by atomic mass is 16.7. The van der Waals surface area contributed by atoms with Crippen LogP contribution < -0.4 is 4.74 Å². The summed E-state index contributed by atoms with van der Waals surface area (Å²) in [4.78, 5) is 35.1. The normalized spacial score (nSPS) is 19.8. The molecule has 3 unspecified atom stereocenters. The molecular weight excluding hydrogens is 340 g/mol. The van der Waals surface area contributed by atoms with Gasteiger partial charge in [-0.25, -0.2) is 4.79 Å². The molecule has 26 heavy (non-hydrogen) atoms. The van der Waals surface area contributed by atoms with Crippen molar-refractivity contribution in [1.29, 1.82) is 0 Å². The third-order valence-electron chi connectivity index (χ3n) is 3.84. The van der Waals surface area contributed by atoms with E-state index in [1.807, 2.05) is 0 Å². The summed E-state index contributed by atoms with van der Waals surface area (Å²) in [5, 5.41) is 9.28. The summed E-state index contributed by atoms with van der Waals surface area (Å²) < 4.78 is 15.7. The van der Waals surface area contributed by atoms with E-state index >= 15 is 0 Å². The maximum absolute atomic E-state index is 12.5. The van der Waals surface area contributed by atoms with Crippen LogP contribution in [0.25, 0.3) is 0 Å². The summed E-state index contributed by atoms with van der Waals surface area (Å²) in [6.45, 7) is 2.95. The van der Waals surface area contributed by atoms with Crippen LogP contribution in [0.4, 0.5) is 0 Å². The minimum Gasteiger partial charge on any atom is -0.481 e. The molecule has 0 spiro atoms. The number of hydrogen-bond acceptors (Lipinski definition) is 6. The molecular formula is C19H20O7. The second-order valence-electron chi connectivity index (χ2n) is 5.63. The minimum atomic E-state index is -1.20. The number of ether oxygens (including phenoxy) is 3. The number of carboxylic acids is 1. The summed E-state index contributed by atoms with van der Waals surface area (Å²) in [6, 6.07) is 8.56. The Balaban J connectivity index is 2.07. The number of rotatable bonds is 8. The molecule has 0 aliphatic heterocycles. The molecule has 1 N–H and O–H groups in total. The van der Waals surface area contributed by atoms with Crippen molar-refractivity contribution in [2.24, 2.45) is 11.8 Å². The maximum atomic E-state index is 12.5. The van der Waals surface area contributed by atoms with E-state index in [4.69, 9.17) is 14.2 Å². The van der Waals surface area contributed by atoms with Gasteiger partial charge in [0.05, 0.1) is 11.8 Å². The molecule has 0 aromatic heterocycles. The molecule has 138 valence electrons. The van der Waals surface area contributed by atoms with Gasteiger partial charge in [0, 0.05) is 6.08 Å². The molecule has 0 amide bonds. The van der Waals surface area contributed by atoms with Crippen molar-refractivity contribution in [1.82, 2.24) is 0 Å². The Hall–Kier alpha value is -3.09. The maximum Gasteiger partial charge on any atom is 0.330 e. The first kappa shape index (κ1) is 19.2. The van der Waals surface area contributed by atoms with E-state index in [-0.39, 0.29) is 19.4 Å². The molecule has 1 aliphatic carbocycles. The number of allylic oxidation sites excluding steroid dienone is 2. The van der Waals surface area contributed by atoms with Crippen LogP contribution in [-0.4, -0.2) is 35.9 Å². The fraction of sp³-hybridized carbons (Fsp3) is 0.316. The van der Waals surface area contributed by atoms with Crippen LogP contribution in [0.2, 0.25) is 0 Å². The van der Waals surface area contributed by atoms with E-state index in [0.717, 1.165) is 6.08 Å². The molecule has 0 bridgehead atoms. The molecule has 2 rings (SSSR count). The lowest BCUT2D eigenvalue weighted by Gasteiger charge is -2.26. The molecule has 0 saturated heterocycles. The van der Waals surface area contributed by atoms with Gasteiger partial charge in [-0.05, 0) is 25.0 Å². The van der Waals surface area contributed by atoms with Crippen LogP contribution in [0.5, 0.6) is 5.75 Å². The fourth-order valence-electron chi connectivity index (χ4n) is 2.52. The summed E-state index contributed by atoms with van der Waals surface area (Å²) in [7, 11) is 0. The molecule has 3 atom stereocenters. The van der Waals surface area contributed by atoms with Crippen molar-refractivity contribution in [2.45, 2.75) is 19.1 Å². The summed E-state index contributed by atoms with van der Waals surface area (Å²) in [6.07, 6.45) is 3.77. The molecule has 0 radical (unpaired) electrons. The van der Waals surface area contributed by atoms with E-state index in [0.29, 0.717) is 5.75 Å². The van der Waals surface area contributed by atoms with E-state index in [2.05, 4.69) is 6.58 Å². The lowest BCUT2D eigenvalue weighted by molar-refractivity contribution is -0.183. The zero-order valence-corrected chi connectivity index (χ0v) is 14.1. The van der Waals surface area contributed by atoms with Gasteiger partial charge in [0.15, 0.2) is 6.61 Å². The van der Waals surface area contributed by atoms with Gasteiger partial charge in [0.2, 0.25) is 0 Å². The SMILES string of the molecule is C=CC(=O)OCC(OC(=O)C1CC=CCC1C(=O)O)Oc1ccccc1. The van der Waals surface area contributed by atoms with Crippen LogP contribution in [0.15, 0.2) is 55.1 Å². The third-order valence-corrected chi connectivity index (χ3v) is 3.84. The Morgan fingerprint density at radius 3 is 2.42 bits per heavy atom. The summed E-state index contributed by atoms with van der Waals surface area (Å²) in [5.74, 6) is -3.73. The molecule has 0 saturated carbocycles. The highest BCUT2D eigenvalue weighted by molar-refractivity contribution is 5.82. The number of para-hydroxylation sites is 1. The highest BCUT2D eigenvalue weighted by Crippen LogP contribution is 2.27. The zero-order chi connectivity index (χ0) is 18.9. The Kier molecular flexibility index (Phi) is 6.96. The lowest BCUT2D eigenvalue weighted by Crippen LogP contribution is -2.37. The Morgan fingerprint density at radius 2 is 1.81 bits per heavy atom. The molecule has 1 aromatic rings. The first-order valence-corrected chi connectivity index (χ1v) is 8.10. The van der Waals surface area contributed by atoms with Gasteiger partial charge in [-0.15, -0.1) is 0 Å². The number of carbonyl (C=O) groups excluding carboxylic acids is 2. The Labute approximate surface area is 150 Å². The van der Waals surface area contributed by atoms with Crippen LogP contribution in [0.1, 0.15) is 12.8 Å². The van der Waals surface area contributed by atoms with Gasteiger partial charge in [-0.3, -0.25) is 9.59 Å². The highest BCUT2D eigenvalue weighted by Gasteiger charge is 2.36. The molecule has 0 fully saturated rings. The molecule has 1 aromatic carbocycles. The van der Waals surface area contributed by atoms with Gasteiger partial charge in [-0.2, -0.15) is 0 Å². The van der Waals surface area contributed by atoms with Crippen molar-refractivity contribution < 1.29 is 33.7 Å². The van der Waals surface area contributed by atoms with Crippen molar-refractivity contribution in [3.8, 4) is 5.75 Å². The van der Waals surface area contributed by atoms with Crippen LogP contribution >= 0.6 is 0 Å². The predicted molar refractivity (Wildman–Crippen MR) is 91.1 cm³/mol. The number of benzene rings is 1. The standard InChI is InChI=1S/C19H20O7/c1-2-16(20)24-12-17(25-13-8-4-3-5-9-13)26-19(23)15-11-7-6-10-14(15)18(21)22/h2-9,14-15,17H,1,10-12H2,(H,21,22). The summed E-state index contributed by atoms with van der Waals surface area (Å²) in [5.41, 5.74) is 0. The largest absolute Gasteiger partial charge is 0.481 e. The number of aliphatic carboxylic acids is 1. The second-order valence-corrected chi connectivity index (χ2v) is 5.63. The first-order chi connectivity index (χ1) is 12.5. The quantitative estimate of drug-likeness (QED) is 0.329. The monoisotopic (exact) mass is 360 g/mol. The number of carboxylic acid groups (broad SMARTS) is 1. The average Bonchev–Trinajstić information content (AvgIpc) is 2.66. The Bertz CT molecular complexity index is 680. The smallest absolute Gasteiger partial charge is 0.330 e. The average molecular weight is 360 g/mol. The number of esters is 2. The van der Waals surface area contributed by atoms with Crippen LogP contribution in [0, 0.1) is 11.8 Å². The minimum absolute atomic E-state index is 0.255. The lowest BCUT2D eigenvalue weighted by atomic mass is 9.83. The van der Waals surface area contributed by atoms with Crippen molar-refractivity contribution >= 4 is 17.9 Å². The van der Waals surface area contributed by atoms with Crippen molar-refractivity contribution in [2.75, 3.05) is 6.61 Å². The van der Waals surface area contributed by atoms with Crippen LogP contribution in [-0.2, 0) is 23.9 Å². The molecule has 7 nitrogen and oxygen atoms in total. The number of hydrogen-bond donors (Lipinski definition) is 1. The molecule has 7 heteroatoms. The summed E-state index contributed by atoms with van der Waals surface area (Å²) >= 11 is 0. The topological polar surface area (TPSA) is 99.1 Å². The van der Waals surface area contributed by atoms with Gasteiger partial charge < -0.3 is 19.3 Å². The van der Waals surface area contributed by atoms with Crippen molar-refractivity contribution in [3.63, 3.8) is 0 Å². The van der Waals surface area contributed by atoms with Gasteiger partial charge in [0.25, 0.3) is 6.29 Å². The molecule has 1 aliphatic rings. The van der Waals surface area contributed by atoms with E-state index in [1.165, 1.54) is 0 Å². The zero-order valence-electron chi connectivity index (χ0n) is 14.1. The fourth-order valence-corrected chi connectivity index (χ4v) is 2.52. The van der Waals surface area contributed by atoms with E-state index < -0.39 is 36.0 Å². The second kappa shape index (κ2) is 9.41. The first-order valence-electron chi connectivity index (χ1n) is 8.10. The van der Waals surface area contributed by atoms with E-state index in [1.54, 1.807) is 42.5 Å².